The molecule has 0 radical (unpaired) electrons. The molecular formula is C17H20O3S. The number of hydrogen-bond donors (Lipinski definition) is 1. The maximum Gasteiger partial charge on any atom is 0.175 e. The number of aliphatic hydroxyl groups excluding tert-OH is 1. The number of aryl methyl sites for hydroxylation is 3. The fourth-order valence-electron chi connectivity index (χ4n) is 2.35. The molecule has 0 spiro atoms. The maximum atomic E-state index is 11.5. The summed E-state index contributed by atoms with van der Waals surface area (Å²) >= 11 is 0. The van der Waals surface area contributed by atoms with E-state index in [1.807, 2.05) is 26.8 Å². The summed E-state index contributed by atoms with van der Waals surface area (Å²) < 4.78 is 22.9. The quantitative estimate of drug-likeness (QED) is 0.948. The van der Waals surface area contributed by atoms with Crippen molar-refractivity contribution >= 4 is 9.84 Å². The van der Waals surface area contributed by atoms with Crippen LogP contribution in [0.1, 0.15) is 33.9 Å². The molecule has 0 bridgehead atoms. The first-order valence-electron chi connectivity index (χ1n) is 6.76. The largest absolute Gasteiger partial charge is 0.384 e. The van der Waals surface area contributed by atoms with Crippen molar-refractivity contribution in [3.8, 4) is 0 Å². The molecule has 21 heavy (non-hydrogen) atoms. The van der Waals surface area contributed by atoms with E-state index in [0.29, 0.717) is 5.56 Å². The van der Waals surface area contributed by atoms with Crippen LogP contribution in [-0.2, 0) is 9.84 Å². The van der Waals surface area contributed by atoms with Gasteiger partial charge >= 0.3 is 0 Å². The van der Waals surface area contributed by atoms with Crippen molar-refractivity contribution < 1.29 is 13.5 Å². The Morgan fingerprint density at radius 2 is 1.43 bits per heavy atom. The molecule has 2 rings (SSSR count). The summed E-state index contributed by atoms with van der Waals surface area (Å²) in [5, 5.41) is 10.5. The molecule has 2 aromatic carbocycles. The monoisotopic (exact) mass is 304 g/mol. The van der Waals surface area contributed by atoms with Crippen LogP contribution < -0.4 is 0 Å². The van der Waals surface area contributed by atoms with Crippen LogP contribution in [0.3, 0.4) is 0 Å². The van der Waals surface area contributed by atoms with Gasteiger partial charge in [0.2, 0.25) is 0 Å². The van der Waals surface area contributed by atoms with Gasteiger partial charge in [-0.2, -0.15) is 0 Å². The van der Waals surface area contributed by atoms with Gasteiger partial charge in [0.05, 0.1) is 4.90 Å². The van der Waals surface area contributed by atoms with Crippen molar-refractivity contribution in [2.75, 3.05) is 6.26 Å². The van der Waals surface area contributed by atoms with Crippen molar-refractivity contribution in [2.24, 2.45) is 0 Å². The Kier molecular flexibility index (Phi) is 4.21. The average molecular weight is 304 g/mol. The Labute approximate surface area is 126 Å². The summed E-state index contributed by atoms with van der Waals surface area (Å²) in [5.74, 6) is 0. The zero-order valence-electron chi connectivity index (χ0n) is 12.7. The van der Waals surface area contributed by atoms with Crippen molar-refractivity contribution in [3.63, 3.8) is 0 Å². The first-order chi connectivity index (χ1) is 9.70. The molecule has 1 N–H and O–H groups in total. The van der Waals surface area contributed by atoms with Crippen molar-refractivity contribution in [2.45, 2.75) is 31.8 Å². The lowest BCUT2D eigenvalue weighted by Crippen LogP contribution is -2.04. The van der Waals surface area contributed by atoms with Gasteiger partial charge in [-0.25, -0.2) is 8.42 Å². The maximum absolute atomic E-state index is 11.5. The normalized spacial score (nSPS) is 13.2. The van der Waals surface area contributed by atoms with Gasteiger partial charge in [0.15, 0.2) is 9.84 Å². The van der Waals surface area contributed by atoms with E-state index in [4.69, 9.17) is 0 Å². The number of aliphatic hydroxyl groups is 1. The van der Waals surface area contributed by atoms with Crippen molar-refractivity contribution in [1.29, 1.82) is 0 Å². The van der Waals surface area contributed by atoms with Crippen LogP contribution in [0.25, 0.3) is 0 Å². The van der Waals surface area contributed by atoms with Crippen molar-refractivity contribution in [3.05, 3.63) is 64.2 Å². The molecule has 0 amide bonds. The molecule has 3 nitrogen and oxygen atoms in total. The van der Waals surface area contributed by atoms with Gasteiger partial charge in [-0.05, 0) is 60.7 Å². The molecule has 0 aromatic heterocycles. The number of hydrogen-bond acceptors (Lipinski definition) is 3. The molecule has 0 fully saturated rings. The van der Waals surface area contributed by atoms with E-state index < -0.39 is 15.9 Å². The Morgan fingerprint density at radius 3 is 1.95 bits per heavy atom. The SMILES string of the molecule is Cc1cc(C)c(C(O)c2ccc(S(C)(=O)=O)cc2)cc1C. The van der Waals surface area contributed by atoms with Gasteiger partial charge < -0.3 is 5.11 Å². The van der Waals surface area contributed by atoms with Crippen molar-refractivity contribution in [1.82, 2.24) is 0 Å². The first kappa shape index (κ1) is 15.7. The molecule has 4 heteroatoms. The summed E-state index contributed by atoms with van der Waals surface area (Å²) in [6.07, 6.45) is 0.421. The van der Waals surface area contributed by atoms with E-state index in [1.54, 1.807) is 12.1 Å². The third kappa shape index (κ3) is 3.34. The molecule has 0 aliphatic carbocycles. The highest BCUT2D eigenvalue weighted by Crippen LogP contribution is 2.27. The van der Waals surface area contributed by atoms with E-state index in [9.17, 15) is 13.5 Å². The van der Waals surface area contributed by atoms with Crippen LogP contribution in [0.4, 0.5) is 0 Å². The lowest BCUT2D eigenvalue weighted by Gasteiger charge is -2.16. The van der Waals surface area contributed by atoms with Crippen LogP contribution in [0, 0.1) is 20.8 Å². The fourth-order valence-corrected chi connectivity index (χ4v) is 2.98. The minimum atomic E-state index is -3.21. The smallest absolute Gasteiger partial charge is 0.175 e. The second kappa shape index (κ2) is 5.62. The first-order valence-corrected chi connectivity index (χ1v) is 8.65. The highest BCUT2D eigenvalue weighted by Gasteiger charge is 2.15. The van der Waals surface area contributed by atoms with E-state index in [0.717, 1.165) is 16.7 Å². The molecule has 1 atom stereocenters. The Morgan fingerprint density at radius 1 is 0.905 bits per heavy atom. The van der Waals surface area contributed by atoms with Gasteiger partial charge in [0, 0.05) is 6.26 Å². The number of rotatable bonds is 3. The molecule has 0 aliphatic rings. The average Bonchev–Trinajstić information content (AvgIpc) is 2.41. The second-order valence-electron chi connectivity index (χ2n) is 5.54. The highest BCUT2D eigenvalue weighted by atomic mass is 32.2. The summed E-state index contributed by atoms with van der Waals surface area (Å²) in [7, 11) is -3.21. The summed E-state index contributed by atoms with van der Waals surface area (Å²) in [5.41, 5.74) is 4.88. The highest BCUT2D eigenvalue weighted by molar-refractivity contribution is 7.90. The molecule has 112 valence electrons. The van der Waals surface area contributed by atoms with Crippen LogP contribution in [-0.4, -0.2) is 19.8 Å². The minimum absolute atomic E-state index is 0.259. The lowest BCUT2D eigenvalue weighted by molar-refractivity contribution is 0.219. The molecule has 0 saturated carbocycles. The third-order valence-corrected chi connectivity index (χ3v) is 4.93. The minimum Gasteiger partial charge on any atom is -0.384 e. The molecule has 1 unspecified atom stereocenters. The molecule has 0 saturated heterocycles. The summed E-state index contributed by atoms with van der Waals surface area (Å²) in [6.45, 7) is 6.02. The van der Waals surface area contributed by atoms with E-state index in [2.05, 4.69) is 6.07 Å². The van der Waals surface area contributed by atoms with Crippen LogP contribution in [0.2, 0.25) is 0 Å². The number of sulfone groups is 1. The van der Waals surface area contributed by atoms with Gasteiger partial charge in [-0.3, -0.25) is 0 Å². The standard InChI is InChI=1S/C17H20O3S/c1-11-9-13(3)16(10-12(11)2)17(18)14-5-7-15(8-6-14)21(4,19)20/h5-10,17-18H,1-4H3. The fraction of sp³-hybridized carbons (Fsp3) is 0.294. The van der Waals surface area contributed by atoms with Gasteiger partial charge in [0.25, 0.3) is 0 Å². The molecule has 0 heterocycles. The van der Waals surface area contributed by atoms with E-state index in [-0.39, 0.29) is 4.90 Å². The Balaban J connectivity index is 2.41. The van der Waals surface area contributed by atoms with Gasteiger partial charge in [-0.15, -0.1) is 0 Å². The van der Waals surface area contributed by atoms with Crippen LogP contribution in [0.5, 0.6) is 0 Å². The topological polar surface area (TPSA) is 54.4 Å². The molecule has 0 aliphatic heterocycles. The zero-order chi connectivity index (χ0) is 15.8. The lowest BCUT2D eigenvalue weighted by atomic mass is 9.94. The van der Waals surface area contributed by atoms with E-state index in [1.165, 1.54) is 24.0 Å². The third-order valence-electron chi connectivity index (χ3n) is 3.80. The number of benzene rings is 2. The predicted molar refractivity (Wildman–Crippen MR) is 84.3 cm³/mol. The summed E-state index contributed by atoms with van der Waals surface area (Å²) in [4.78, 5) is 0.259. The Bertz CT molecular complexity index is 759. The molecule has 2 aromatic rings. The van der Waals surface area contributed by atoms with Gasteiger partial charge in [0.1, 0.15) is 6.10 Å². The Hall–Kier alpha value is -1.65. The van der Waals surface area contributed by atoms with Crippen LogP contribution in [0.15, 0.2) is 41.3 Å². The zero-order valence-corrected chi connectivity index (χ0v) is 13.5. The second-order valence-corrected chi connectivity index (χ2v) is 7.55. The molecular weight excluding hydrogens is 284 g/mol. The van der Waals surface area contributed by atoms with E-state index >= 15 is 0 Å². The summed E-state index contributed by atoms with van der Waals surface area (Å²) in [6, 6.07) is 10.4. The van der Waals surface area contributed by atoms with Gasteiger partial charge in [-0.1, -0.05) is 24.3 Å². The van der Waals surface area contributed by atoms with Crippen LogP contribution >= 0.6 is 0 Å². The predicted octanol–water partition coefficient (Wildman–Crippen LogP) is 3.10.